The largest absolute Gasteiger partial charge is 0.338 e. The Balaban J connectivity index is -0.0000000267. The monoisotopic (exact) mass is 192 g/mol. The Hall–Kier alpha value is 1.10. The van der Waals surface area contributed by atoms with Gasteiger partial charge in [0.2, 0.25) is 0 Å². The van der Waals surface area contributed by atoms with Crippen molar-refractivity contribution in [3.8, 4) is 0 Å². The van der Waals surface area contributed by atoms with Crippen molar-refractivity contribution in [3.05, 3.63) is 6.92 Å². The van der Waals surface area contributed by atoms with E-state index in [2.05, 4.69) is 27.7 Å². The molecule has 0 atom stereocenters. The normalized spacial score (nSPS) is 7.50. The molecule has 0 spiro atoms. The molecular formula is C7H19Y-. The fourth-order valence-electron chi connectivity index (χ4n) is 0. The maximum atomic E-state index is 3.77. The van der Waals surface area contributed by atoms with Crippen LogP contribution in [0.25, 0.3) is 0 Å². The summed E-state index contributed by atoms with van der Waals surface area (Å²) in [5.74, 6) is 0. The third kappa shape index (κ3) is 217. The first-order chi connectivity index (χ1) is 2.00. The molecule has 0 saturated carbocycles. The summed E-state index contributed by atoms with van der Waals surface area (Å²) < 4.78 is 0. The Kier molecular flexibility index (Phi) is 23.2. The molecule has 0 bridgehead atoms. The van der Waals surface area contributed by atoms with Crippen LogP contribution in [0, 0.1) is 12.3 Å². The van der Waals surface area contributed by atoms with Crippen LogP contribution in [0.15, 0.2) is 0 Å². The molecule has 0 N–H and O–H groups in total. The van der Waals surface area contributed by atoms with E-state index in [1.165, 1.54) is 0 Å². The van der Waals surface area contributed by atoms with Gasteiger partial charge in [-0.25, -0.2) is 0 Å². The molecule has 0 aromatic heterocycles. The van der Waals surface area contributed by atoms with Crippen LogP contribution in [-0.4, -0.2) is 0 Å². The maximum Gasteiger partial charge on any atom is 0 e. The summed E-state index contributed by atoms with van der Waals surface area (Å²) in [6.45, 7) is 10.0. The van der Waals surface area contributed by atoms with Crippen LogP contribution in [-0.2, 0) is 32.7 Å². The molecule has 8 heavy (non-hydrogen) atoms. The van der Waals surface area contributed by atoms with Crippen molar-refractivity contribution in [2.75, 3.05) is 0 Å². The smallest absolute Gasteiger partial charge is 0 e. The van der Waals surface area contributed by atoms with Crippen molar-refractivity contribution in [3.63, 3.8) is 0 Å². The number of hydrogen-bond donors (Lipinski definition) is 0. The van der Waals surface area contributed by atoms with Crippen molar-refractivity contribution >= 4 is 0 Å². The Morgan fingerprint density at radius 2 is 1.00 bits per heavy atom. The minimum absolute atomic E-state index is 0. The standard InChI is InChI=1S/C5H11.2CH4.Y/c1-5(2,3)4;;;/h1H2,2-4H3;2*1H4;/q-1;;;. The van der Waals surface area contributed by atoms with Gasteiger partial charge in [0, 0.05) is 32.7 Å². The molecule has 0 fully saturated rings. The summed E-state index contributed by atoms with van der Waals surface area (Å²) in [6, 6.07) is 0. The van der Waals surface area contributed by atoms with Crippen molar-refractivity contribution in [1.29, 1.82) is 0 Å². The van der Waals surface area contributed by atoms with Crippen LogP contribution in [0.3, 0.4) is 0 Å². The topological polar surface area (TPSA) is 0 Å². The van der Waals surface area contributed by atoms with Gasteiger partial charge in [0.1, 0.15) is 0 Å². The van der Waals surface area contributed by atoms with Crippen LogP contribution < -0.4 is 0 Å². The second-order valence-electron chi connectivity index (χ2n) is 2.56. The molecule has 0 aliphatic heterocycles. The van der Waals surface area contributed by atoms with E-state index in [0.29, 0.717) is 0 Å². The summed E-state index contributed by atoms with van der Waals surface area (Å²) in [6.07, 6.45) is 0. The molecule has 0 saturated heterocycles. The molecule has 0 aromatic rings. The van der Waals surface area contributed by atoms with Crippen LogP contribution in [0.5, 0.6) is 0 Å². The molecular weight excluding hydrogens is 173 g/mol. The second-order valence-corrected chi connectivity index (χ2v) is 2.56. The number of rotatable bonds is 0. The average Bonchev–Trinajstić information content (AvgIpc) is 0.722. The first-order valence-electron chi connectivity index (χ1n) is 1.85. The summed E-state index contributed by atoms with van der Waals surface area (Å²) >= 11 is 0. The summed E-state index contributed by atoms with van der Waals surface area (Å²) in [4.78, 5) is 0. The van der Waals surface area contributed by atoms with Crippen LogP contribution in [0.4, 0.5) is 0 Å². The fraction of sp³-hybridized carbons (Fsp3) is 0.857. The minimum Gasteiger partial charge on any atom is -0.338 e. The Morgan fingerprint density at radius 1 is 1.00 bits per heavy atom. The zero-order chi connectivity index (χ0) is 4.50. The molecule has 0 heterocycles. The predicted molar refractivity (Wildman–Crippen MR) is 38.3 cm³/mol. The average molecular weight is 192 g/mol. The zero-order valence-electron chi connectivity index (χ0n) is 4.78. The van der Waals surface area contributed by atoms with Crippen LogP contribution in [0.1, 0.15) is 35.6 Å². The van der Waals surface area contributed by atoms with E-state index in [4.69, 9.17) is 0 Å². The van der Waals surface area contributed by atoms with Gasteiger partial charge < -0.3 is 6.92 Å². The molecule has 0 amide bonds. The molecule has 0 aliphatic carbocycles. The zero-order valence-corrected chi connectivity index (χ0v) is 7.62. The summed E-state index contributed by atoms with van der Waals surface area (Å²) in [7, 11) is 0. The molecule has 0 unspecified atom stereocenters. The van der Waals surface area contributed by atoms with Crippen LogP contribution in [0.2, 0.25) is 0 Å². The van der Waals surface area contributed by atoms with Gasteiger partial charge in [-0.05, 0) is 0 Å². The van der Waals surface area contributed by atoms with Gasteiger partial charge in [-0.2, -0.15) is 5.41 Å². The predicted octanol–water partition coefficient (Wildman–Crippen LogP) is 3.14. The summed E-state index contributed by atoms with van der Waals surface area (Å²) in [5, 5.41) is 0. The third-order valence-corrected chi connectivity index (χ3v) is 0. The molecule has 0 aromatic carbocycles. The van der Waals surface area contributed by atoms with E-state index < -0.39 is 0 Å². The maximum absolute atomic E-state index is 3.77. The third-order valence-electron chi connectivity index (χ3n) is 0. The molecule has 51 valence electrons. The van der Waals surface area contributed by atoms with E-state index in [1.54, 1.807) is 0 Å². The van der Waals surface area contributed by atoms with E-state index >= 15 is 0 Å². The SMILES string of the molecule is C.C.[CH2-]C(C)(C)C.[Y]. The van der Waals surface area contributed by atoms with Gasteiger partial charge in [-0.3, -0.25) is 0 Å². The van der Waals surface area contributed by atoms with Gasteiger partial charge >= 0.3 is 0 Å². The van der Waals surface area contributed by atoms with Crippen molar-refractivity contribution < 1.29 is 32.7 Å². The Labute approximate surface area is 80.3 Å². The molecule has 0 rings (SSSR count). The molecule has 1 heteroatoms. The van der Waals surface area contributed by atoms with E-state index in [1.807, 2.05) is 0 Å². The van der Waals surface area contributed by atoms with E-state index in [-0.39, 0.29) is 53.0 Å². The first-order valence-corrected chi connectivity index (χ1v) is 1.85. The number of hydrogen-bond acceptors (Lipinski definition) is 0. The van der Waals surface area contributed by atoms with Gasteiger partial charge in [0.05, 0.1) is 0 Å². The van der Waals surface area contributed by atoms with Crippen molar-refractivity contribution in [1.82, 2.24) is 0 Å². The van der Waals surface area contributed by atoms with E-state index in [0.717, 1.165) is 0 Å². The second kappa shape index (κ2) is 8.10. The van der Waals surface area contributed by atoms with Crippen LogP contribution >= 0.6 is 0 Å². The van der Waals surface area contributed by atoms with E-state index in [9.17, 15) is 0 Å². The van der Waals surface area contributed by atoms with Crippen molar-refractivity contribution in [2.45, 2.75) is 35.6 Å². The molecule has 1 radical (unpaired) electrons. The first kappa shape index (κ1) is 23.0. The molecule has 0 nitrogen and oxygen atoms in total. The van der Waals surface area contributed by atoms with Gasteiger partial charge in [-0.15, -0.1) is 0 Å². The molecule has 0 aliphatic rings. The minimum atomic E-state index is 0. The summed E-state index contributed by atoms with van der Waals surface area (Å²) in [5.41, 5.74) is 0.250. The fourth-order valence-corrected chi connectivity index (χ4v) is 0. The Bertz CT molecular complexity index is 19.9. The Morgan fingerprint density at radius 3 is 1.00 bits per heavy atom. The quantitative estimate of drug-likeness (QED) is 0.517. The van der Waals surface area contributed by atoms with Crippen molar-refractivity contribution in [2.24, 2.45) is 5.41 Å². The van der Waals surface area contributed by atoms with Gasteiger partial charge in [-0.1, -0.05) is 35.6 Å². The van der Waals surface area contributed by atoms with Gasteiger partial charge in [0.15, 0.2) is 0 Å². The van der Waals surface area contributed by atoms with Gasteiger partial charge in [0.25, 0.3) is 0 Å².